The molecule has 1 aromatic rings. The Kier molecular flexibility index (Phi) is 6.14. The first-order valence-corrected chi connectivity index (χ1v) is 12.3. The summed E-state index contributed by atoms with van der Waals surface area (Å²) in [6.07, 6.45) is 2.76. The number of sulfonamides is 1. The molecule has 2 amide bonds. The van der Waals surface area contributed by atoms with Gasteiger partial charge in [0.1, 0.15) is 6.54 Å². The van der Waals surface area contributed by atoms with Gasteiger partial charge in [-0.1, -0.05) is 6.42 Å². The summed E-state index contributed by atoms with van der Waals surface area (Å²) in [7, 11) is -3.61. The number of anilines is 1. The molecule has 0 saturated carbocycles. The van der Waals surface area contributed by atoms with Gasteiger partial charge in [0.05, 0.1) is 29.5 Å². The number of rotatable bonds is 4. The average Bonchev–Trinajstić information content (AvgIpc) is 2.76. The van der Waals surface area contributed by atoms with E-state index in [1.54, 1.807) is 23.1 Å². The van der Waals surface area contributed by atoms with Crippen molar-refractivity contribution in [3.05, 3.63) is 18.2 Å². The number of benzene rings is 1. The van der Waals surface area contributed by atoms with E-state index in [0.29, 0.717) is 45.1 Å². The van der Waals surface area contributed by atoms with Gasteiger partial charge >= 0.3 is 0 Å². The quantitative estimate of drug-likeness (QED) is 0.700. The molecule has 0 bridgehead atoms. The second kappa shape index (κ2) is 8.63. The maximum Gasteiger partial charge on any atom is 0.243 e. The summed E-state index contributed by atoms with van der Waals surface area (Å²) >= 11 is 1.37. The molecule has 0 radical (unpaired) electrons. The molecule has 4 rings (SSSR count). The minimum Gasteiger partial charge on any atom is -0.378 e. The molecule has 8 nitrogen and oxygen atoms in total. The topological polar surface area (TPSA) is 87.2 Å². The highest BCUT2D eigenvalue weighted by Gasteiger charge is 2.32. The third-order valence-corrected chi connectivity index (χ3v) is 8.43. The molecule has 29 heavy (non-hydrogen) atoms. The summed E-state index contributed by atoms with van der Waals surface area (Å²) in [6, 6.07) is 4.90. The van der Waals surface area contributed by atoms with Crippen molar-refractivity contribution in [1.29, 1.82) is 0 Å². The molecule has 0 unspecified atom stereocenters. The van der Waals surface area contributed by atoms with Crippen LogP contribution in [-0.2, 0) is 24.3 Å². The Labute approximate surface area is 175 Å². The summed E-state index contributed by atoms with van der Waals surface area (Å²) in [5, 5.41) is 0. The van der Waals surface area contributed by atoms with E-state index in [4.69, 9.17) is 4.74 Å². The first-order valence-electron chi connectivity index (χ1n) is 9.90. The van der Waals surface area contributed by atoms with Gasteiger partial charge in [-0.15, -0.1) is 11.8 Å². The van der Waals surface area contributed by atoms with Gasteiger partial charge in [-0.25, -0.2) is 8.42 Å². The van der Waals surface area contributed by atoms with E-state index in [-0.39, 0.29) is 29.0 Å². The molecule has 3 heterocycles. The van der Waals surface area contributed by atoms with E-state index in [9.17, 15) is 18.0 Å². The number of thioether (sulfide) groups is 1. The number of piperidine rings is 1. The van der Waals surface area contributed by atoms with Gasteiger partial charge in [-0.3, -0.25) is 9.59 Å². The Morgan fingerprint density at radius 3 is 2.52 bits per heavy atom. The predicted molar refractivity (Wildman–Crippen MR) is 110 cm³/mol. The van der Waals surface area contributed by atoms with Gasteiger partial charge in [0, 0.05) is 31.1 Å². The van der Waals surface area contributed by atoms with Gasteiger partial charge in [0.15, 0.2) is 0 Å². The van der Waals surface area contributed by atoms with Gasteiger partial charge < -0.3 is 14.5 Å². The Bertz CT molecular complexity index is 893. The van der Waals surface area contributed by atoms with Crippen LogP contribution in [0, 0.1) is 0 Å². The standard InChI is InChI=1S/C19H25N3O5S2/c23-18(20-8-10-27-11-9-20)13-22-16-12-15(4-5-17(16)28-14-19(22)24)29(25,26)21-6-2-1-3-7-21/h4-5,12H,1-3,6-11,13-14H2. The Hall–Kier alpha value is -1.62. The van der Waals surface area contributed by atoms with Gasteiger partial charge in [0.25, 0.3) is 0 Å². The second-order valence-corrected chi connectivity index (χ2v) is 10.3. The van der Waals surface area contributed by atoms with Gasteiger partial charge in [-0.05, 0) is 31.0 Å². The molecule has 0 aliphatic carbocycles. The average molecular weight is 440 g/mol. The van der Waals surface area contributed by atoms with Crippen LogP contribution in [0.4, 0.5) is 5.69 Å². The van der Waals surface area contributed by atoms with Crippen LogP contribution in [-0.4, -0.2) is 81.1 Å². The zero-order chi connectivity index (χ0) is 20.4. The molecule has 2 saturated heterocycles. The SMILES string of the molecule is O=C(CN1C(=O)CSc2ccc(S(=O)(=O)N3CCCCC3)cc21)N1CCOCC1. The number of fused-ring (bicyclic) bond motifs is 1. The van der Waals surface area contributed by atoms with Gasteiger partial charge in [-0.2, -0.15) is 4.31 Å². The molecular weight excluding hydrogens is 414 g/mol. The fourth-order valence-electron chi connectivity index (χ4n) is 3.82. The van der Waals surface area contributed by atoms with Crippen LogP contribution in [0.2, 0.25) is 0 Å². The lowest BCUT2D eigenvalue weighted by molar-refractivity contribution is -0.134. The van der Waals surface area contributed by atoms with E-state index in [1.807, 2.05) is 0 Å². The maximum absolute atomic E-state index is 13.1. The van der Waals surface area contributed by atoms with Crippen LogP contribution in [0.1, 0.15) is 19.3 Å². The zero-order valence-corrected chi connectivity index (χ0v) is 17.8. The summed E-state index contributed by atoms with van der Waals surface area (Å²) in [5.41, 5.74) is 0.506. The van der Waals surface area contributed by atoms with E-state index in [1.165, 1.54) is 21.0 Å². The highest BCUT2D eigenvalue weighted by atomic mass is 32.2. The smallest absolute Gasteiger partial charge is 0.243 e. The largest absolute Gasteiger partial charge is 0.378 e. The molecule has 158 valence electrons. The van der Waals surface area contributed by atoms with Crippen molar-refractivity contribution in [2.45, 2.75) is 29.1 Å². The van der Waals surface area contributed by atoms with Crippen molar-refractivity contribution in [2.24, 2.45) is 0 Å². The second-order valence-electron chi connectivity index (χ2n) is 7.36. The Morgan fingerprint density at radius 1 is 1.07 bits per heavy atom. The Balaban J connectivity index is 1.60. The van der Waals surface area contributed by atoms with Crippen LogP contribution < -0.4 is 4.90 Å². The van der Waals surface area contributed by atoms with Crippen molar-refractivity contribution in [3.8, 4) is 0 Å². The van der Waals surface area contributed by atoms with Crippen molar-refractivity contribution in [3.63, 3.8) is 0 Å². The molecular formula is C19H25N3O5S2. The Morgan fingerprint density at radius 2 is 1.79 bits per heavy atom. The fourth-order valence-corrected chi connectivity index (χ4v) is 6.27. The van der Waals surface area contributed by atoms with Crippen molar-refractivity contribution >= 4 is 39.3 Å². The lowest BCUT2D eigenvalue weighted by Gasteiger charge is -2.33. The zero-order valence-electron chi connectivity index (χ0n) is 16.2. The minimum atomic E-state index is -3.61. The highest BCUT2D eigenvalue weighted by Crippen LogP contribution is 2.37. The van der Waals surface area contributed by atoms with E-state index < -0.39 is 10.0 Å². The first kappa shape index (κ1) is 20.6. The summed E-state index contributed by atoms with van der Waals surface area (Å²) in [5.74, 6) is -0.0952. The summed E-state index contributed by atoms with van der Waals surface area (Å²) in [6.45, 7) is 2.95. The van der Waals surface area contributed by atoms with Crippen LogP contribution in [0.15, 0.2) is 28.0 Å². The van der Waals surface area contributed by atoms with Crippen molar-refractivity contribution < 1.29 is 22.7 Å². The van der Waals surface area contributed by atoms with Crippen LogP contribution in [0.5, 0.6) is 0 Å². The van der Waals surface area contributed by atoms with Crippen molar-refractivity contribution in [1.82, 2.24) is 9.21 Å². The number of carbonyl (C=O) groups excluding carboxylic acids is 2. The van der Waals surface area contributed by atoms with E-state index in [0.717, 1.165) is 24.2 Å². The molecule has 10 heteroatoms. The fraction of sp³-hybridized carbons (Fsp3) is 0.579. The molecule has 1 aromatic carbocycles. The molecule has 0 aromatic heterocycles. The number of nitrogens with zero attached hydrogens (tertiary/aromatic N) is 3. The van der Waals surface area contributed by atoms with Crippen molar-refractivity contribution in [2.75, 3.05) is 56.6 Å². The number of amides is 2. The van der Waals surface area contributed by atoms with Crippen LogP contribution in [0.25, 0.3) is 0 Å². The van der Waals surface area contributed by atoms with Crippen LogP contribution in [0.3, 0.4) is 0 Å². The monoisotopic (exact) mass is 439 g/mol. The number of morpholine rings is 1. The number of carbonyl (C=O) groups is 2. The summed E-state index contributed by atoms with van der Waals surface area (Å²) in [4.78, 5) is 29.4. The number of hydrogen-bond acceptors (Lipinski definition) is 6. The predicted octanol–water partition coefficient (Wildman–Crippen LogP) is 1.16. The first-order chi connectivity index (χ1) is 14.0. The molecule has 0 N–H and O–H groups in total. The molecule has 0 atom stereocenters. The number of hydrogen-bond donors (Lipinski definition) is 0. The van der Waals surface area contributed by atoms with Gasteiger partial charge in [0.2, 0.25) is 21.8 Å². The minimum absolute atomic E-state index is 0.0837. The highest BCUT2D eigenvalue weighted by molar-refractivity contribution is 8.00. The molecule has 3 aliphatic heterocycles. The van der Waals surface area contributed by atoms with Crippen LogP contribution >= 0.6 is 11.8 Å². The summed E-state index contributed by atoms with van der Waals surface area (Å²) < 4.78 is 32.9. The molecule has 3 aliphatic rings. The lowest BCUT2D eigenvalue weighted by atomic mass is 10.2. The molecule has 0 spiro atoms. The third kappa shape index (κ3) is 4.30. The molecule has 2 fully saturated rings. The third-order valence-electron chi connectivity index (χ3n) is 5.48. The number of ether oxygens (including phenoxy) is 1. The maximum atomic E-state index is 13.1. The lowest BCUT2D eigenvalue weighted by Crippen LogP contribution is -2.48. The van der Waals surface area contributed by atoms with E-state index in [2.05, 4.69) is 0 Å². The van der Waals surface area contributed by atoms with E-state index >= 15 is 0 Å². The normalized spacial score (nSPS) is 21.2.